The molecule has 0 saturated carbocycles. The number of amides is 5. The first-order valence-electron chi connectivity index (χ1n) is 34.0. The summed E-state index contributed by atoms with van der Waals surface area (Å²) in [6.45, 7) is 19.8. The van der Waals surface area contributed by atoms with E-state index in [4.69, 9.17) is 28.4 Å². The molecule has 0 aromatic heterocycles. The van der Waals surface area contributed by atoms with Crippen LogP contribution in [0.3, 0.4) is 0 Å². The molecule has 0 aliphatic heterocycles. The van der Waals surface area contributed by atoms with Crippen LogP contribution >= 0.6 is 21.6 Å². The second-order valence-electron chi connectivity index (χ2n) is 25.8. The Morgan fingerprint density at radius 2 is 0.867 bits per heavy atom. The Morgan fingerprint density at radius 1 is 0.444 bits per heavy atom. The molecular weight excluding hydrogens is 1190 g/mol. The Balaban J connectivity index is 5.03. The van der Waals surface area contributed by atoms with Crippen molar-refractivity contribution in [1.29, 1.82) is 0 Å². The second kappa shape index (κ2) is 54.6. The molecule has 0 fully saturated rings. The Hall–Kier alpha value is -4.99. The van der Waals surface area contributed by atoms with Gasteiger partial charge in [0.25, 0.3) is 0 Å². The Bertz CT molecular complexity index is 2060. The predicted octanol–water partition coefficient (Wildman–Crippen LogP) is 15.5. The summed E-state index contributed by atoms with van der Waals surface area (Å²) in [5, 5.41) is 13.5. The maximum atomic E-state index is 13.4. The summed E-state index contributed by atoms with van der Waals surface area (Å²) in [6, 6.07) is -0.991. The fourth-order valence-electron chi connectivity index (χ4n) is 8.67. The van der Waals surface area contributed by atoms with Gasteiger partial charge < -0.3 is 49.7 Å². The van der Waals surface area contributed by atoms with Gasteiger partial charge in [-0.3, -0.25) is 29.3 Å². The van der Waals surface area contributed by atoms with Gasteiger partial charge >= 0.3 is 36.2 Å². The van der Waals surface area contributed by atoms with Crippen LogP contribution in [0.5, 0.6) is 0 Å². The second-order valence-corrected chi connectivity index (χ2v) is 28.5. The monoisotopic (exact) mass is 1310 g/mol. The summed E-state index contributed by atoms with van der Waals surface area (Å²) in [5.74, 6) is -1.47. The third kappa shape index (κ3) is 59.3. The minimum absolute atomic E-state index is 0.119. The van der Waals surface area contributed by atoms with Gasteiger partial charge in [-0.15, -0.1) is 4.99 Å². The van der Waals surface area contributed by atoms with Crippen LogP contribution in [0.4, 0.5) is 14.4 Å². The quantitative estimate of drug-likeness (QED) is 0.00721. The van der Waals surface area contributed by atoms with Crippen molar-refractivity contribution in [2.24, 2.45) is 4.99 Å². The van der Waals surface area contributed by atoms with Gasteiger partial charge in [-0.1, -0.05) is 162 Å². The maximum Gasteiger partial charge on any atom is 0.437 e. The lowest BCUT2D eigenvalue weighted by Gasteiger charge is -2.23. The number of rotatable bonds is 51. The highest BCUT2D eigenvalue weighted by molar-refractivity contribution is 8.76. The van der Waals surface area contributed by atoms with Crippen LogP contribution in [0.15, 0.2) is 29.3 Å². The average molecular weight is 1310 g/mol. The fraction of sp³-hybridized carbons (Fsp3) is 0.809. The molecule has 0 aliphatic carbocycles. The maximum absolute atomic E-state index is 13.4. The van der Waals surface area contributed by atoms with Crippen molar-refractivity contribution in [2.75, 3.05) is 44.4 Å². The predicted molar refractivity (Wildman–Crippen MR) is 364 cm³/mol. The molecule has 0 bridgehead atoms. The number of alkyl carbamates (subject to hydrolysis) is 2. The van der Waals surface area contributed by atoms with E-state index in [9.17, 15) is 38.4 Å². The Labute approximate surface area is 550 Å². The molecule has 90 heavy (non-hydrogen) atoms. The lowest BCUT2D eigenvalue weighted by molar-refractivity contribution is -0.167. The highest BCUT2D eigenvalue weighted by Gasteiger charge is 2.26. The van der Waals surface area contributed by atoms with E-state index in [2.05, 4.69) is 69.7 Å². The zero-order valence-corrected chi connectivity index (χ0v) is 59.2. The van der Waals surface area contributed by atoms with Gasteiger partial charge in [0.2, 0.25) is 17.8 Å². The molecule has 0 spiro atoms. The molecule has 0 aromatic carbocycles. The van der Waals surface area contributed by atoms with E-state index >= 15 is 0 Å². The first kappa shape index (κ1) is 85.0. The number of nitrogens with one attached hydrogen (secondary N) is 5. The number of esters is 3. The van der Waals surface area contributed by atoms with Crippen LogP contribution in [0, 0.1) is 0 Å². The lowest BCUT2D eigenvalue weighted by atomic mass is 10.1. The van der Waals surface area contributed by atoms with E-state index in [0.717, 1.165) is 77.0 Å². The molecule has 1 unspecified atom stereocenters. The van der Waals surface area contributed by atoms with Gasteiger partial charge in [0, 0.05) is 50.4 Å². The minimum atomic E-state index is -0.991. The number of ether oxygens (including phenoxy) is 6. The molecule has 0 radical (unpaired) electrons. The molecule has 0 aromatic rings. The van der Waals surface area contributed by atoms with Crippen molar-refractivity contribution in [3.05, 3.63) is 24.3 Å². The number of allylic oxidation sites excluding steroid dienone is 4. The minimum Gasteiger partial charge on any atom is -0.462 e. The number of guanidine groups is 1. The van der Waals surface area contributed by atoms with Crippen molar-refractivity contribution in [1.82, 2.24) is 26.6 Å². The largest absolute Gasteiger partial charge is 0.462 e. The molecule has 0 aliphatic rings. The van der Waals surface area contributed by atoms with Crippen LogP contribution in [0.25, 0.3) is 0 Å². The van der Waals surface area contributed by atoms with E-state index < -0.39 is 71.0 Å². The third-order valence-corrected chi connectivity index (χ3v) is 15.7. The summed E-state index contributed by atoms with van der Waals surface area (Å²) >= 11 is 0. The number of nitrogens with zero attached hydrogens (tertiary/aromatic N) is 1. The summed E-state index contributed by atoms with van der Waals surface area (Å²) < 4.78 is 32.6. The molecule has 2 atom stereocenters. The van der Waals surface area contributed by atoms with Gasteiger partial charge in [0.05, 0.1) is 6.42 Å². The molecule has 5 amide bonds. The van der Waals surface area contributed by atoms with Gasteiger partial charge in [0.15, 0.2) is 6.10 Å². The SMILES string of the molecule is CCCCCCCC/C=C\CCCCCCCC(=O)OC[C@@H](COC(=O)CCC(=O)NCCSSCCNC(=O)C(CCCN/C(=N/C(=O)OC(C)(C)C)NC(=O)OC(C)(C)C)NC(=O)OC(C)(C)C)OC(=O)CCCCCCC/C=C\CCCCCCCC. The first-order chi connectivity index (χ1) is 42.8. The number of hydrogen-bond acceptors (Lipinski definition) is 16. The van der Waals surface area contributed by atoms with Crippen molar-refractivity contribution in [3.63, 3.8) is 0 Å². The van der Waals surface area contributed by atoms with Crippen LogP contribution in [0.1, 0.15) is 282 Å². The normalized spacial score (nSPS) is 12.7. The fourth-order valence-corrected chi connectivity index (χ4v) is 10.5. The van der Waals surface area contributed by atoms with Crippen molar-refractivity contribution in [3.8, 4) is 0 Å². The van der Waals surface area contributed by atoms with Crippen molar-refractivity contribution in [2.45, 2.75) is 311 Å². The van der Waals surface area contributed by atoms with Gasteiger partial charge in [-0.05, 0) is 139 Å². The topological polar surface area (TPSA) is 264 Å². The highest BCUT2D eigenvalue weighted by Crippen LogP contribution is 2.20. The smallest absolute Gasteiger partial charge is 0.437 e. The Morgan fingerprint density at radius 3 is 1.34 bits per heavy atom. The molecule has 0 heterocycles. The van der Waals surface area contributed by atoms with E-state index in [1.54, 1.807) is 62.3 Å². The highest BCUT2D eigenvalue weighted by atomic mass is 33.1. The molecule has 0 rings (SSSR count). The Kier molecular flexibility index (Phi) is 51.5. The summed E-state index contributed by atoms with van der Waals surface area (Å²) in [6.07, 6.45) is 36.0. The molecule has 0 saturated heterocycles. The zero-order chi connectivity index (χ0) is 67.2. The van der Waals surface area contributed by atoms with Crippen LogP contribution < -0.4 is 26.6 Å². The number of hydrogen-bond donors (Lipinski definition) is 5. The third-order valence-electron chi connectivity index (χ3n) is 13.3. The number of carbonyl (C=O) groups excluding carboxylic acids is 8. The van der Waals surface area contributed by atoms with Gasteiger partial charge in [-0.25, -0.2) is 14.4 Å². The van der Waals surface area contributed by atoms with E-state index in [-0.39, 0.29) is 76.7 Å². The van der Waals surface area contributed by atoms with Crippen LogP contribution in [0.2, 0.25) is 0 Å². The average Bonchev–Trinajstić information content (AvgIpc) is 3.17. The molecule has 20 nitrogen and oxygen atoms in total. The summed E-state index contributed by atoms with van der Waals surface area (Å²) in [5.41, 5.74) is -2.48. The van der Waals surface area contributed by atoms with E-state index in [1.807, 2.05) is 0 Å². The summed E-state index contributed by atoms with van der Waals surface area (Å²) in [4.78, 5) is 106. The van der Waals surface area contributed by atoms with Crippen LogP contribution in [-0.2, 0) is 52.4 Å². The number of aliphatic imine (C=N–C) groups is 1. The summed E-state index contributed by atoms with van der Waals surface area (Å²) in [7, 11) is 2.95. The number of unbranched alkanes of at least 4 members (excludes halogenated alkanes) is 22. The van der Waals surface area contributed by atoms with E-state index in [1.165, 1.54) is 98.6 Å². The van der Waals surface area contributed by atoms with Gasteiger partial charge in [-0.2, -0.15) is 0 Å². The number of carbonyl (C=O) groups is 8. The van der Waals surface area contributed by atoms with Crippen LogP contribution in [-0.4, -0.2) is 127 Å². The standard InChI is InChI=1S/C68H122N6O14S2/c1-12-14-16-18-20-22-24-26-28-30-32-34-36-38-40-44-58(76)83-53-55(85-60(78)45-41-39-37-35-33-31-29-27-25-23-21-19-17-15-13-2)54-84-59(77)47-46-57(75)69-49-51-89-90-52-50-70-61(79)56(72-63(80)86-66(3,4)5)43-42-48-71-62(73-64(81)87-67(6,7)8)74-65(82)88-68(9,10)11/h26-29,55-56H,12-25,30-54H2,1-11H3,(H,69,75)(H,70,79)(H,72,80)(H2,71,73,74,81,82)/b28-26-,29-27-/t55-,56?/m0/s1. The van der Waals surface area contributed by atoms with E-state index in [0.29, 0.717) is 30.9 Å². The molecule has 520 valence electrons. The van der Waals surface area contributed by atoms with Crippen molar-refractivity contribution < 1.29 is 66.8 Å². The first-order valence-corrected chi connectivity index (χ1v) is 36.5. The lowest BCUT2D eigenvalue weighted by Crippen LogP contribution is -2.49. The van der Waals surface area contributed by atoms with Crippen molar-refractivity contribution >= 4 is 75.5 Å². The zero-order valence-electron chi connectivity index (χ0n) is 57.5. The molecule has 5 N–H and O–H groups in total. The van der Waals surface area contributed by atoms with Gasteiger partial charge in [0.1, 0.15) is 36.1 Å². The molecular formula is C68H122N6O14S2. The molecule has 22 heteroatoms.